The average Bonchev–Trinajstić information content (AvgIpc) is 1.92. The fourth-order valence-electron chi connectivity index (χ4n) is 1.86. The summed E-state index contributed by atoms with van der Waals surface area (Å²) in [5.74, 6) is 1.11. The van der Waals surface area contributed by atoms with Crippen LogP contribution in [0.3, 0.4) is 0 Å². The van der Waals surface area contributed by atoms with Gasteiger partial charge in [0.25, 0.3) is 0 Å². The van der Waals surface area contributed by atoms with Gasteiger partial charge in [0.2, 0.25) is 0 Å². The Bertz CT molecular complexity index is 59.5. The first-order valence-electron chi connectivity index (χ1n) is 3.67. The minimum absolute atomic E-state index is 0. The van der Waals surface area contributed by atoms with E-state index in [-0.39, 0.29) is 7.43 Å². The third-order valence-corrected chi connectivity index (χ3v) is 2.56. The largest absolute Gasteiger partial charge is 0.303 e. The van der Waals surface area contributed by atoms with Gasteiger partial charge in [0.05, 0.1) is 0 Å². The first kappa shape index (κ1) is 7.07. The van der Waals surface area contributed by atoms with Crippen molar-refractivity contribution in [2.45, 2.75) is 26.7 Å². The van der Waals surface area contributed by atoms with E-state index >= 15 is 0 Å². The molecule has 2 bridgehead atoms. The summed E-state index contributed by atoms with van der Waals surface area (Å²) in [7, 11) is 0. The molecule has 0 radical (unpaired) electrons. The molecule has 0 spiro atoms. The molecule has 1 nitrogen and oxygen atoms in total. The van der Waals surface area contributed by atoms with Gasteiger partial charge in [0, 0.05) is 0 Å². The van der Waals surface area contributed by atoms with E-state index < -0.39 is 0 Å². The standard InChI is InChI=1S/C7H13N.CH4/c1-4-8-5-2-7(1)3-6-8;/h7H,1-6H2;1H4. The van der Waals surface area contributed by atoms with Crippen molar-refractivity contribution in [2.75, 3.05) is 19.6 Å². The van der Waals surface area contributed by atoms with Crippen molar-refractivity contribution < 1.29 is 0 Å². The predicted octanol–water partition coefficient (Wildman–Crippen LogP) is 1.74. The summed E-state index contributed by atoms with van der Waals surface area (Å²) < 4.78 is 0. The fourth-order valence-corrected chi connectivity index (χ4v) is 1.86. The van der Waals surface area contributed by atoms with E-state index in [1.807, 2.05) is 0 Å². The van der Waals surface area contributed by atoms with Crippen molar-refractivity contribution >= 4 is 0 Å². The van der Waals surface area contributed by atoms with E-state index in [1.165, 1.54) is 38.9 Å². The molecule has 0 saturated carbocycles. The number of fused-ring (bicyclic) bond motifs is 3. The third-order valence-electron chi connectivity index (χ3n) is 2.56. The van der Waals surface area contributed by atoms with Crippen molar-refractivity contribution in [3.63, 3.8) is 0 Å². The summed E-state index contributed by atoms with van der Waals surface area (Å²) in [5, 5.41) is 0. The molecule has 3 heterocycles. The topological polar surface area (TPSA) is 3.24 Å². The number of nitrogens with zero attached hydrogens (tertiary/aromatic N) is 1. The van der Waals surface area contributed by atoms with Crippen LogP contribution in [0, 0.1) is 5.92 Å². The molecule has 0 aromatic carbocycles. The molecule has 0 unspecified atom stereocenters. The van der Waals surface area contributed by atoms with Gasteiger partial charge in [-0.3, -0.25) is 0 Å². The van der Waals surface area contributed by atoms with Crippen LogP contribution in [0.15, 0.2) is 0 Å². The highest BCUT2D eigenvalue weighted by atomic mass is 15.1. The summed E-state index contributed by atoms with van der Waals surface area (Å²) >= 11 is 0. The average molecular weight is 127 g/mol. The molecular weight excluding hydrogens is 110 g/mol. The second-order valence-electron chi connectivity index (χ2n) is 3.07. The first-order valence-corrected chi connectivity index (χ1v) is 3.67. The molecule has 0 aromatic heterocycles. The van der Waals surface area contributed by atoms with Crippen LogP contribution in [0.25, 0.3) is 0 Å². The Morgan fingerprint density at radius 3 is 1.44 bits per heavy atom. The quantitative estimate of drug-likeness (QED) is 0.479. The van der Waals surface area contributed by atoms with Crippen molar-refractivity contribution in [3.05, 3.63) is 0 Å². The Balaban J connectivity index is 0.000000405. The summed E-state index contributed by atoms with van der Waals surface area (Å²) in [5.41, 5.74) is 0. The molecule has 0 aromatic rings. The van der Waals surface area contributed by atoms with Gasteiger partial charge in [0.15, 0.2) is 0 Å². The highest BCUT2D eigenvalue weighted by molar-refractivity contribution is 4.78. The smallest absolute Gasteiger partial charge is 0.00161 e. The highest BCUT2D eigenvalue weighted by Gasteiger charge is 2.24. The van der Waals surface area contributed by atoms with Crippen LogP contribution in [0.5, 0.6) is 0 Å². The monoisotopic (exact) mass is 127 g/mol. The van der Waals surface area contributed by atoms with Crippen LogP contribution < -0.4 is 0 Å². The van der Waals surface area contributed by atoms with Crippen LogP contribution >= 0.6 is 0 Å². The van der Waals surface area contributed by atoms with Gasteiger partial charge in [-0.05, 0) is 44.8 Å². The van der Waals surface area contributed by atoms with Crippen molar-refractivity contribution in [3.8, 4) is 0 Å². The molecule has 54 valence electrons. The van der Waals surface area contributed by atoms with Crippen molar-refractivity contribution in [1.29, 1.82) is 0 Å². The minimum atomic E-state index is 0. The lowest BCUT2D eigenvalue weighted by Crippen LogP contribution is -2.41. The zero-order valence-electron chi connectivity index (χ0n) is 5.27. The van der Waals surface area contributed by atoms with Gasteiger partial charge >= 0.3 is 0 Å². The SMILES string of the molecule is C.C1CN2CCC1CC2. The highest BCUT2D eigenvalue weighted by Crippen LogP contribution is 2.26. The van der Waals surface area contributed by atoms with E-state index in [0.29, 0.717) is 0 Å². The van der Waals surface area contributed by atoms with Crippen LogP contribution in [-0.2, 0) is 0 Å². The summed E-state index contributed by atoms with van der Waals surface area (Å²) in [6.45, 7) is 4.18. The van der Waals surface area contributed by atoms with Gasteiger partial charge in [-0.1, -0.05) is 7.43 Å². The zero-order valence-corrected chi connectivity index (χ0v) is 5.27. The molecule has 0 N–H and O–H groups in total. The maximum absolute atomic E-state index is 2.58. The molecule has 3 fully saturated rings. The van der Waals surface area contributed by atoms with Gasteiger partial charge in [-0.2, -0.15) is 0 Å². The maximum atomic E-state index is 2.58. The fraction of sp³-hybridized carbons (Fsp3) is 1.00. The molecule has 3 saturated heterocycles. The Morgan fingerprint density at radius 1 is 0.889 bits per heavy atom. The van der Waals surface area contributed by atoms with Gasteiger partial charge in [-0.25, -0.2) is 0 Å². The molecule has 0 amide bonds. The number of hydrogen-bond donors (Lipinski definition) is 0. The van der Waals surface area contributed by atoms with Crippen LogP contribution in [0.2, 0.25) is 0 Å². The summed E-state index contributed by atoms with van der Waals surface area (Å²) in [6.07, 6.45) is 4.46. The molecule has 0 aliphatic carbocycles. The Morgan fingerprint density at radius 2 is 1.33 bits per heavy atom. The Hall–Kier alpha value is -0.0400. The summed E-state index contributed by atoms with van der Waals surface area (Å²) in [4.78, 5) is 2.58. The second-order valence-corrected chi connectivity index (χ2v) is 3.07. The predicted molar refractivity (Wildman–Crippen MR) is 40.5 cm³/mol. The lowest BCUT2D eigenvalue weighted by Gasteiger charge is -2.38. The van der Waals surface area contributed by atoms with E-state index in [0.717, 1.165) is 5.92 Å². The maximum Gasteiger partial charge on any atom is -0.00161 e. The van der Waals surface area contributed by atoms with Gasteiger partial charge in [-0.15, -0.1) is 0 Å². The van der Waals surface area contributed by atoms with Crippen molar-refractivity contribution in [2.24, 2.45) is 5.92 Å². The summed E-state index contributed by atoms with van der Waals surface area (Å²) in [6, 6.07) is 0. The number of hydrogen-bond acceptors (Lipinski definition) is 1. The van der Waals surface area contributed by atoms with E-state index in [9.17, 15) is 0 Å². The lowest BCUT2D eigenvalue weighted by atomic mass is 9.89. The third kappa shape index (κ3) is 1.26. The normalized spacial score (nSPS) is 40.0. The molecule has 3 rings (SSSR count). The second kappa shape index (κ2) is 2.70. The molecule has 3 aliphatic rings. The lowest BCUT2D eigenvalue weighted by molar-refractivity contribution is 0.111. The van der Waals surface area contributed by atoms with Gasteiger partial charge < -0.3 is 4.90 Å². The molecule has 1 heteroatoms. The Kier molecular flexibility index (Phi) is 2.12. The van der Waals surface area contributed by atoms with E-state index in [1.54, 1.807) is 0 Å². The van der Waals surface area contributed by atoms with Gasteiger partial charge in [0.1, 0.15) is 0 Å². The van der Waals surface area contributed by atoms with E-state index in [4.69, 9.17) is 0 Å². The Labute approximate surface area is 58.0 Å². The van der Waals surface area contributed by atoms with Crippen LogP contribution in [-0.4, -0.2) is 24.5 Å². The van der Waals surface area contributed by atoms with Crippen molar-refractivity contribution in [1.82, 2.24) is 4.90 Å². The molecular formula is C8H17N. The molecule has 0 atom stereocenters. The first-order chi connectivity index (χ1) is 3.95. The molecule has 3 aliphatic heterocycles. The molecule has 9 heavy (non-hydrogen) atoms. The minimum Gasteiger partial charge on any atom is -0.303 e. The van der Waals surface area contributed by atoms with E-state index in [2.05, 4.69) is 4.90 Å². The van der Waals surface area contributed by atoms with Crippen LogP contribution in [0.1, 0.15) is 26.7 Å². The number of piperidine rings is 3. The number of rotatable bonds is 0. The van der Waals surface area contributed by atoms with Crippen LogP contribution in [0.4, 0.5) is 0 Å². The zero-order chi connectivity index (χ0) is 5.40.